The first-order valence-electron chi connectivity index (χ1n) is 9.04. The Kier molecular flexibility index (Phi) is 5.57. The molecule has 1 amide bonds. The highest BCUT2D eigenvalue weighted by molar-refractivity contribution is 6.30. The van der Waals surface area contributed by atoms with Crippen molar-refractivity contribution >= 4 is 34.2 Å². The van der Waals surface area contributed by atoms with Gasteiger partial charge in [-0.2, -0.15) is 5.10 Å². The van der Waals surface area contributed by atoms with Crippen LogP contribution in [0.4, 0.5) is 18.9 Å². The zero-order valence-corrected chi connectivity index (χ0v) is 16.8. The molecule has 1 N–H and O–H groups in total. The third-order valence-electron chi connectivity index (χ3n) is 4.31. The quantitative estimate of drug-likeness (QED) is 0.486. The summed E-state index contributed by atoms with van der Waals surface area (Å²) in [5.41, 5.74) is 0.737. The molecule has 0 fully saturated rings. The van der Waals surface area contributed by atoms with Gasteiger partial charge < -0.3 is 10.1 Å². The van der Waals surface area contributed by atoms with Crippen LogP contribution in [0.25, 0.3) is 16.7 Å². The van der Waals surface area contributed by atoms with Crippen LogP contribution in [0.1, 0.15) is 0 Å². The van der Waals surface area contributed by atoms with Crippen molar-refractivity contribution in [1.29, 1.82) is 0 Å². The molecule has 0 unspecified atom stereocenters. The molecule has 2 aromatic heterocycles. The summed E-state index contributed by atoms with van der Waals surface area (Å²) in [7, 11) is 0. The van der Waals surface area contributed by atoms with Gasteiger partial charge in [-0.25, -0.2) is 9.67 Å². The van der Waals surface area contributed by atoms with E-state index in [0.717, 1.165) is 16.7 Å². The highest BCUT2D eigenvalue weighted by atomic mass is 35.5. The Morgan fingerprint density at radius 3 is 2.44 bits per heavy atom. The second-order valence-corrected chi connectivity index (χ2v) is 7.00. The molecule has 2 heterocycles. The summed E-state index contributed by atoms with van der Waals surface area (Å²) >= 11 is 5.89. The maximum absolute atomic E-state index is 12.7. The highest BCUT2D eigenvalue weighted by Crippen LogP contribution is 2.24. The van der Waals surface area contributed by atoms with Crippen LogP contribution >= 0.6 is 11.6 Å². The van der Waals surface area contributed by atoms with Crippen molar-refractivity contribution in [1.82, 2.24) is 19.3 Å². The molecule has 2 aromatic carbocycles. The molecule has 0 atom stereocenters. The fourth-order valence-corrected chi connectivity index (χ4v) is 3.05. The topological polar surface area (TPSA) is 91.0 Å². The smallest absolute Gasteiger partial charge is 0.406 e. The first kappa shape index (κ1) is 21.4. The number of halogens is 4. The Hall–Kier alpha value is -3.86. The summed E-state index contributed by atoms with van der Waals surface area (Å²) in [6.07, 6.45) is -2.23. The van der Waals surface area contributed by atoms with Crippen LogP contribution in [0, 0.1) is 0 Å². The standard InChI is InChI=1S/C20H13ClF3N5O3/c21-12-1-5-14(6-2-12)29-18-16(9-26-29)19(31)28(11-25-18)10-17(30)27-13-3-7-15(8-4-13)32-20(22,23)24/h1-9,11H,10H2,(H,27,30). The van der Waals surface area contributed by atoms with Gasteiger partial charge in [-0.1, -0.05) is 11.6 Å². The van der Waals surface area contributed by atoms with Gasteiger partial charge in [-0.15, -0.1) is 13.2 Å². The molecule has 4 rings (SSSR count). The third-order valence-corrected chi connectivity index (χ3v) is 4.56. The Morgan fingerprint density at radius 2 is 1.78 bits per heavy atom. The first-order valence-corrected chi connectivity index (χ1v) is 9.42. The molecule has 4 aromatic rings. The number of anilines is 1. The van der Waals surface area contributed by atoms with Crippen molar-refractivity contribution in [2.75, 3.05) is 5.32 Å². The zero-order chi connectivity index (χ0) is 22.9. The molecule has 12 heteroatoms. The molecule has 0 aliphatic rings. The number of benzene rings is 2. The molecule has 0 saturated carbocycles. The monoisotopic (exact) mass is 463 g/mol. The van der Waals surface area contributed by atoms with Gasteiger partial charge in [0.25, 0.3) is 5.56 Å². The minimum Gasteiger partial charge on any atom is -0.406 e. The molecule has 164 valence electrons. The maximum atomic E-state index is 12.7. The Balaban J connectivity index is 1.49. The maximum Gasteiger partial charge on any atom is 0.573 e. The number of nitrogens with one attached hydrogen (secondary N) is 1. The minimum absolute atomic E-state index is 0.212. The minimum atomic E-state index is -4.81. The average Bonchev–Trinajstić information content (AvgIpc) is 3.16. The lowest BCUT2D eigenvalue weighted by atomic mass is 10.3. The molecule has 0 saturated heterocycles. The van der Waals surface area contributed by atoms with E-state index >= 15 is 0 Å². The molecular formula is C20H13ClF3N5O3. The van der Waals surface area contributed by atoms with Crippen molar-refractivity contribution in [3.8, 4) is 11.4 Å². The highest BCUT2D eigenvalue weighted by Gasteiger charge is 2.31. The normalized spacial score (nSPS) is 11.5. The number of hydrogen-bond acceptors (Lipinski definition) is 5. The van der Waals surface area contributed by atoms with E-state index in [2.05, 4.69) is 20.1 Å². The second kappa shape index (κ2) is 8.35. The van der Waals surface area contributed by atoms with E-state index in [1.165, 1.54) is 29.3 Å². The predicted octanol–water partition coefficient (Wildman–Crippen LogP) is 3.77. The summed E-state index contributed by atoms with van der Waals surface area (Å²) in [6.45, 7) is -0.352. The Bertz CT molecular complexity index is 1330. The van der Waals surface area contributed by atoms with Gasteiger partial charge in [0.1, 0.15) is 24.0 Å². The van der Waals surface area contributed by atoms with Gasteiger partial charge in [0.05, 0.1) is 11.9 Å². The van der Waals surface area contributed by atoms with E-state index in [4.69, 9.17) is 11.6 Å². The number of alkyl halides is 3. The summed E-state index contributed by atoms with van der Waals surface area (Å²) in [4.78, 5) is 29.3. The largest absolute Gasteiger partial charge is 0.573 e. The fourth-order valence-electron chi connectivity index (χ4n) is 2.93. The van der Waals surface area contributed by atoms with E-state index < -0.39 is 23.6 Å². The number of amides is 1. The number of fused-ring (bicyclic) bond motifs is 1. The number of carbonyl (C=O) groups excluding carboxylic acids is 1. The number of aromatic nitrogens is 4. The summed E-state index contributed by atoms with van der Waals surface area (Å²) in [5.74, 6) is -0.984. The molecular weight excluding hydrogens is 451 g/mol. The van der Waals surface area contributed by atoms with Crippen LogP contribution in [0.3, 0.4) is 0 Å². The SMILES string of the molecule is O=C(Cn1cnc2c(cnn2-c2ccc(Cl)cc2)c1=O)Nc1ccc(OC(F)(F)F)cc1. The van der Waals surface area contributed by atoms with Gasteiger partial charge in [0, 0.05) is 10.7 Å². The third kappa shape index (κ3) is 4.72. The van der Waals surface area contributed by atoms with Gasteiger partial charge in [0.15, 0.2) is 5.65 Å². The Morgan fingerprint density at radius 1 is 1.09 bits per heavy atom. The van der Waals surface area contributed by atoms with E-state index in [1.54, 1.807) is 24.3 Å². The lowest BCUT2D eigenvalue weighted by Gasteiger charge is -2.10. The molecule has 32 heavy (non-hydrogen) atoms. The van der Waals surface area contributed by atoms with Crippen molar-refractivity contribution in [3.05, 3.63) is 76.4 Å². The van der Waals surface area contributed by atoms with Crippen molar-refractivity contribution in [3.63, 3.8) is 0 Å². The first-order chi connectivity index (χ1) is 15.2. The summed E-state index contributed by atoms with van der Waals surface area (Å²) in [6, 6.07) is 11.4. The second-order valence-electron chi connectivity index (χ2n) is 6.57. The molecule has 0 radical (unpaired) electrons. The van der Waals surface area contributed by atoms with Crippen molar-refractivity contribution < 1.29 is 22.7 Å². The Labute approximate surface area is 182 Å². The lowest BCUT2D eigenvalue weighted by Crippen LogP contribution is -2.27. The molecule has 0 aliphatic heterocycles. The number of rotatable bonds is 5. The number of nitrogens with zero attached hydrogens (tertiary/aromatic N) is 4. The number of ether oxygens (including phenoxy) is 1. The molecule has 0 aliphatic carbocycles. The van der Waals surface area contributed by atoms with Crippen LogP contribution in [0.15, 0.2) is 65.8 Å². The van der Waals surface area contributed by atoms with Gasteiger partial charge in [-0.3, -0.25) is 14.2 Å². The number of hydrogen-bond donors (Lipinski definition) is 1. The zero-order valence-electron chi connectivity index (χ0n) is 16.0. The lowest BCUT2D eigenvalue weighted by molar-refractivity contribution is -0.274. The molecule has 8 nitrogen and oxygen atoms in total. The molecule has 0 spiro atoms. The van der Waals surface area contributed by atoms with Crippen LogP contribution in [0.5, 0.6) is 5.75 Å². The predicted molar refractivity (Wildman–Crippen MR) is 110 cm³/mol. The summed E-state index contributed by atoms with van der Waals surface area (Å²) in [5, 5.41) is 7.44. The van der Waals surface area contributed by atoms with E-state index in [1.807, 2.05) is 0 Å². The van der Waals surface area contributed by atoms with Crippen molar-refractivity contribution in [2.45, 2.75) is 12.9 Å². The van der Waals surface area contributed by atoms with Crippen LogP contribution < -0.4 is 15.6 Å². The van der Waals surface area contributed by atoms with Crippen LogP contribution in [0.2, 0.25) is 5.02 Å². The van der Waals surface area contributed by atoms with Crippen LogP contribution in [-0.2, 0) is 11.3 Å². The summed E-state index contributed by atoms with van der Waals surface area (Å²) < 4.78 is 43.0. The van der Waals surface area contributed by atoms with E-state index in [-0.39, 0.29) is 17.6 Å². The number of carbonyl (C=O) groups is 1. The van der Waals surface area contributed by atoms with E-state index in [0.29, 0.717) is 16.4 Å². The van der Waals surface area contributed by atoms with Crippen LogP contribution in [-0.4, -0.2) is 31.6 Å². The van der Waals surface area contributed by atoms with Crippen molar-refractivity contribution in [2.24, 2.45) is 0 Å². The van der Waals surface area contributed by atoms with Gasteiger partial charge in [-0.05, 0) is 48.5 Å². The van der Waals surface area contributed by atoms with Gasteiger partial charge >= 0.3 is 6.36 Å². The molecule has 0 bridgehead atoms. The van der Waals surface area contributed by atoms with Gasteiger partial charge in [0.2, 0.25) is 5.91 Å². The fraction of sp³-hybridized carbons (Fsp3) is 0.100. The van der Waals surface area contributed by atoms with E-state index in [9.17, 15) is 22.8 Å². The average molecular weight is 464 g/mol.